The van der Waals surface area contributed by atoms with Crippen molar-refractivity contribution < 1.29 is 8.78 Å². The van der Waals surface area contributed by atoms with Crippen molar-refractivity contribution in [2.24, 2.45) is 0 Å². The summed E-state index contributed by atoms with van der Waals surface area (Å²) in [4.78, 5) is 0. The fourth-order valence-corrected chi connectivity index (χ4v) is 1.93. The fourth-order valence-electron chi connectivity index (χ4n) is 1.70. The molecule has 2 rings (SSSR count). The maximum Gasteiger partial charge on any atom is 0.175 e. The maximum absolute atomic E-state index is 13.5. The molecule has 0 saturated carbocycles. The van der Waals surface area contributed by atoms with E-state index in [1.54, 1.807) is 0 Å². The summed E-state index contributed by atoms with van der Waals surface area (Å²) in [6.07, 6.45) is 0.956. The van der Waals surface area contributed by atoms with Crippen LogP contribution >= 0.6 is 12.2 Å². The summed E-state index contributed by atoms with van der Waals surface area (Å²) in [6.45, 7) is 2.07. The van der Waals surface area contributed by atoms with E-state index in [2.05, 4.69) is 17.6 Å². The lowest BCUT2D eigenvalue weighted by atomic mass is 10.1. The first-order valence-corrected chi connectivity index (χ1v) is 6.61. The zero-order valence-corrected chi connectivity index (χ0v) is 11.7. The summed E-state index contributed by atoms with van der Waals surface area (Å²) < 4.78 is 26.5. The summed E-state index contributed by atoms with van der Waals surface area (Å²) in [6, 6.07) is 10.9. The van der Waals surface area contributed by atoms with Crippen LogP contribution in [0.4, 0.5) is 20.2 Å². The molecule has 2 nitrogen and oxygen atoms in total. The minimum Gasteiger partial charge on any atom is -0.332 e. The Balaban J connectivity index is 2.03. The third-order valence-corrected chi connectivity index (χ3v) is 3.00. The first kappa shape index (κ1) is 14.4. The number of halogens is 2. The van der Waals surface area contributed by atoms with Crippen LogP contribution in [-0.4, -0.2) is 5.11 Å². The molecule has 0 fully saturated rings. The maximum atomic E-state index is 13.5. The summed E-state index contributed by atoms with van der Waals surface area (Å²) >= 11 is 5.07. The van der Waals surface area contributed by atoms with E-state index in [1.807, 2.05) is 24.3 Å². The number of nitrogens with one attached hydrogen (secondary N) is 2. The molecule has 0 bridgehead atoms. The van der Waals surface area contributed by atoms with E-state index in [4.69, 9.17) is 12.2 Å². The van der Waals surface area contributed by atoms with Gasteiger partial charge in [0.1, 0.15) is 11.6 Å². The van der Waals surface area contributed by atoms with Gasteiger partial charge in [-0.3, -0.25) is 0 Å². The molecule has 0 atom stereocenters. The quantitative estimate of drug-likeness (QED) is 0.823. The molecule has 0 unspecified atom stereocenters. The van der Waals surface area contributed by atoms with Gasteiger partial charge < -0.3 is 10.6 Å². The van der Waals surface area contributed by atoms with Gasteiger partial charge in [0.2, 0.25) is 0 Å². The van der Waals surface area contributed by atoms with Crippen molar-refractivity contribution in [2.45, 2.75) is 13.3 Å². The molecule has 20 heavy (non-hydrogen) atoms. The second-order valence-corrected chi connectivity index (χ2v) is 4.66. The van der Waals surface area contributed by atoms with Crippen LogP contribution in [0.25, 0.3) is 0 Å². The van der Waals surface area contributed by atoms with Gasteiger partial charge in [-0.1, -0.05) is 19.1 Å². The van der Waals surface area contributed by atoms with Crippen LogP contribution in [0.1, 0.15) is 12.5 Å². The first-order chi connectivity index (χ1) is 9.58. The summed E-state index contributed by atoms with van der Waals surface area (Å²) in [5.74, 6) is -1.08. The van der Waals surface area contributed by atoms with Gasteiger partial charge in [0.25, 0.3) is 0 Å². The Hall–Kier alpha value is -2.01. The average Bonchev–Trinajstić information content (AvgIpc) is 2.43. The molecule has 0 aliphatic heterocycles. The standard InChI is InChI=1S/C15H14F2N2S/c1-2-10-3-6-12(7-4-10)18-15(20)19-14-9-11(16)5-8-13(14)17/h3-9H,2H2,1H3,(H2,18,19,20). The van der Waals surface area contributed by atoms with Crippen molar-refractivity contribution in [3.05, 3.63) is 59.7 Å². The highest BCUT2D eigenvalue weighted by atomic mass is 32.1. The lowest BCUT2D eigenvalue weighted by molar-refractivity contribution is 0.604. The van der Waals surface area contributed by atoms with Gasteiger partial charge >= 0.3 is 0 Å². The van der Waals surface area contributed by atoms with E-state index >= 15 is 0 Å². The van der Waals surface area contributed by atoms with Gasteiger partial charge in [0, 0.05) is 11.8 Å². The fraction of sp³-hybridized carbons (Fsp3) is 0.133. The van der Waals surface area contributed by atoms with Crippen molar-refractivity contribution in [3.63, 3.8) is 0 Å². The highest BCUT2D eigenvalue weighted by Crippen LogP contribution is 2.16. The van der Waals surface area contributed by atoms with Crippen molar-refractivity contribution in [3.8, 4) is 0 Å². The Morgan fingerprint density at radius 3 is 2.40 bits per heavy atom. The first-order valence-electron chi connectivity index (χ1n) is 6.20. The SMILES string of the molecule is CCc1ccc(NC(=S)Nc2cc(F)ccc2F)cc1. The predicted molar refractivity (Wildman–Crippen MR) is 82.0 cm³/mol. The zero-order valence-electron chi connectivity index (χ0n) is 10.9. The van der Waals surface area contributed by atoms with Crippen LogP contribution in [0.3, 0.4) is 0 Å². The molecule has 0 aliphatic rings. The van der Waals surface area contributed by atoms with Crippen LogP contribution < -0.4 is 10.6 Å². The molecule has 5 heteroatoms. The van der Waals surface area contributed by atoms with Gasteiger partial charge in [-0.15, -0.1) is 0 Å². The summed E-state index contributed by atoms with van der Waals surface area (Å²) in [7, 11) is 0. The van der Waals surface area contributed by atoms with E-state index in [-0.39, 0.29) is 10.8 Å². The number of anilines is 2. The van der Waals surface area contributed by atoms with Crippen molar-refractivity contribution in [2.75, 3.05) is 10.6 Å². The number of aryl methyl sites for hydroxylation is 1. The van der Waals surface area contributed by atoms with Crippen LogP contribution in [-0.2, 0) is 6.42 Å². The van der Waals surface area contributed by atoms with Gasteiger partial charge in [-0.25, -0.2) is 8.78 Å². The molecular weight excluding hydrogens is 278 g/mol. The third kappa shape index (κ3) is 3.74. The van der Waals surface area contributed by atoms with Gasteiger partial charge in [-0.2, -0.15) is 0 Å². The minimum absolute atomic E-state index is 0.00711. The Morgan fingerprint density at radius 2 is 1.75 bits per heavy atom. The van der Waals surface area contributed by atoms with Crippen molar-refractivity contribution in [1.29, 1.82) is 0 Å². The van der Waals surface area contributed by atoms with Crippen LogP contribution in [0, 0.1) is 11.6 Å². The Labute approximate surface area is 121 Å². The third-order valence-electron chi connectivity index (χ3n) is 2.80. The number of benzene rings is 2. The normalized spacial score (nSPS) is 10.2. The van der Waals surface area contributed by atoms with Crippen LogP contribution in [0.5, 0.6) is 0 Å². The van der Waals surface area contributed by atoms with Gasteiger partial charge in [0.05, 0.1) is 5.69 Å². The highest BCUT2D eigenvalue weighted by Gasteiger charge is 2.06. The lowest BCUT2D eigenvalue weighted by Gasteiger charge is -2.11. The molecule has 0 saturated heterocycles. The molecule has 104 valence electrons. The molecule has 0 heterocycles. The molecular formula is C15H14F2N2S. The lowest BCUT2D eigenvalue weighted by Crippen LogP contribution is -2.19. The van der Waals surface area contributed by atoms with E-state index in [1.165, 1.54) is 5.56 Å². The number of rotatable bonds is 3. The molecule has 2 aromatic rings. The second kappa shape index (κ2) is 6.43. The smallest absolute Gasteiger partial charge is 0.175 e. The molecule has 0 spiro atoms. The van der Waals surface area contributed by atoms with Crippen molar-refractivity contribution in [1.82, 2.24) is 0 Å². The van der Waals surface area contributed by atoms with Crippen LogP contribution in [0.2, 0.25) is 0 Å². The predicted octanol–water partition coefficient (Wildman–Crippen LogP) is 4.34. The van der Waals surface area contributed by atoms with E-state index < -0.39 is 11.6 Å². The minimum atomic E-state index is -0.558. The van der Waals surface area contributed by atoms with E-state index in [0.29, 0.717) is 0 Å². The molecule has 0 aromatic heterocycles. The second-order valence-electron chi connectivity index (χ2n) is 4.25. The number of thiocarbonyl (C=S) groups is 1. The van der Waals surface area contributed by atoms with Crippen LogP contribution in [0.15, 0.2) is 42.5 Å². The monoisotopic (exact) mass is 292 g/mol. The topological polar surface area (TPSA) is 24.1 Å². The Bertz CT molecular complexity index is 612. The van der Waals surface area contributed by atoms with Gasteiger partial charge in [0.15, 0.2) is 5.11 Å². The Kier molecular flexibility index (Phi) is 4.63. The highest BCUT2D eigenvalue weighted by molar-refractivity contribution is 7.80. The average molecular weight is 292 g/mol. The molecule has 0 amide bonds. The Morgan fingerprint density at radius 1 is 1.05 bits per heavy atom. The molecule has 2 N–H and O–H groups in total. The summed E-state index contributed by atoms with van der Waals surface area (Å²) in [5.41, 5.74) is 2.01. The summed E-state index contributed by atoms with van der Waals surface area (Å²) in [5, 5.41) is 5.76. The van der Waals surface area contributed by atoms with Gasteiger partial charge in [-0.05, 0) is 48.5 Å². The number of hydrogen-bond donors (Lipinski definition) is 2. The van der Waals surface area contributed by atoms with E-state index in [0.717, 1.165) is 30.3 Å². The number of hydrogen-bond acceptors (Lipinski definition) is 1. The van der Waals surface area contributed by atoms with Crippen molar-refractivity contribution >= 4 is 28.7 Å². The van der Waals surface area contributed by atoms with E-state index in [9.17, 15) is 8.78 Å². The molecule has 0 radical (unpaired) electrons. The zero-order chi connectivity index (χ0) is 14.5. The molecule has 2 aromatic carbocycles. The molecule has 0 aliphatic carbocycles. The largest absolute Gasteiger partial charge is 0.332 e.